The molecule has 2 nitrogen and oxygen atoms in total. The van der Waals surface area contributed by atoms with E-state index < -0.39 is 11.7 Å². The number of hydrogen-bond acceptors (Lipinski definition) is 3. The molecule has 0 atom stereocenters. The summed E-state index contributed by atoms with van der Waals surface area (Å²) in [5, 5.41) is 2.70. The third-order valence-corrected chi connectivity index (χ3v) is 4.55. The van der Waals surface area contributed by atoms with Gasteiger partial charge in [0.1, 0.15) is 5.01 Å². The third-order valence-electron chi connectivity index (χ3n) is 3.67. The van der Waals surface area contributed by atoms with Crippen LogP contribution in [0.2, 0.25) is 0 Å². The molecule has 0 spiro atoms. The average Bonchev–Trinajstić information content (AvgIpc) is 3.05. The highest BCUT2D eigenvalue weighted by Crippen LogP contribution is 2.33. The van der Waals surface area contributed by atoms with E-state index in [1.807, 2.05) is 11.4 Å². The summed E-state index contributed by atoms with van der Waals surface area (Å²) in [4.78, 5) is 8.75. The van der Waals surface area contributed by atoms with Gasteiger partial charge in [-0.25, -0.2) is 4.98 Å². The summed E-state index contributed by atoms with van der Waals surface area (Å²) in [6.45, 7) is 2.11. The van der Waals surface area contributed by atoms with E-state index >= 15 is 0 Å². The first kappa shape index (κ1) is 16.6. The lowest BCUT2D eigenvalue weighted by molar-refractivity contribution is -0.137. The van der Waals surface area contributed by atoms with Gasteiger partial charge in [-0.1, -0.05) is 25.5 Å². The normalized spacial score (nSPS) is 11.7. The number of aromatic nitrogens is 2. The molecule has 0 aliphatic carbocycles. The van der Waals surface area contributed by atoms with E-state index in [1.165, 1.54) is 29.0 Å². The van der Waals surface area contributed by atoms with Crippen LogP contribution < -0.4 is 0 Å². The maximum atomic E-state index is 12.6. The SMILES string of the molecule is CCCc1ccncc1-c1nc(-c2ccc(C(F)(F)F)cc2)cs1. The average molecular weight is 348 g/mol. The van der Waals surface area contributed by atoms with Gasteiger partial charge in [-0.3, -0.25) is 4.98 Å². The molecule has 1 aromatic carbocycles. The molecule has 6 heteroatoms. The van der Waals surface area contributed by atoms with E-state index in [9.17, 15) is 13.2 Å². The lowest BCUT2D eigenvalue weighted by Gasteiger charge is -2.06. The van der Waals surface area contributed by atoms with Crippen molar-refractivity contribution >= 4 is 11.3 Å². The molecule has 24 heavy (non-hydrogen) atoms. The first-order chi connectivity index (χ1) is 11.5. The predicted molar refractivity (Wildman–Crippen MR) is 89.8 cm³/mol. The number of hydrogen-bond donors (Lipinski definition) is 0. The fourth-order valence-electron chi connectivity index (χ4n) is 2.46. The second-order valence-electron chi connectivity index (χ2n) is 5.40. The highest BCUT2D eigenvalue weighted by Gasteiger charge is 2.30. The van der Waals surface area contributed by atoms with Crippen molar-refractivity contribution in [3.05, 3.63) is 59.2 Å². The van der Waals surface area contributed by atoms with E-state index in [0.717, 1.165) is 35.5 Å². The van der Waals surface area contributed by atoms with Crippen LogP contribution in [0.5, 0.6) is 0 Å². The van der Waals surface area contributed by atoms with Crippen molar-refractivity contribution in [1.82, 2.24) is 9.97 Å². The molecular formula is C18H15F3N2S. The zero-order chi connectivity index (χ0) is 17.2. The monoisotopic (exact) mass is 348 g/mol. The minimum absolute atomic E-state index is 0.654. The second-order valence-corrected chi connectivity index (χ2v) is 6.25. The van der Waals surface area contributed by atoms with Crippen LogP contribution in [0, 0.1) is 0 Å². The molecule has 0 fully saturated rings. The van der Waals surface area contributed by atoms with E-state index in [1.54, 1.807) is 12.4 Å². The van der Waals surface area contributed by atoms with E-state index in [2.05, 4.69) is 16.9 Å². The number of nitrogens with zero attached hydrogens (tertiary/aromatic N) is 2. The molecule has 0 aliphatic heterocycles. The molecule has 3 aromatic rings. The molecule has 124 valence electrons. The van der Waals surface area contributed by atoms with Crippen molar-refractivity contribution < 1.29 is 13.2 Å². The van der Waals surface area contributed by atoms with Crippen molar-refractivity contribution in [3.8, 4) is 21.8 Å². The Bertz CT molecular complexity index is 823. The van der Waals surface area contributed by atoms with E-state index in [4.69, 9.17) is 0 Å². The van der Waals surface area contributed by atoms with Crippen molar-refractivity contribution in [2.24, 2.45) is 0 Å². The Morgan fingerprint density at radius 3 is 2.50 bits per heavy atom. The summed E-state index contributed by atoms with van der Waals surface area (Å²) in [7, 11) is 0. The minimum Gasteiger partial charge on any atom is -0.264 e. The Hall–Kier alpha value is -2.21. The van der Waals surface area contributed by atoms with Gasteiger partial charge in [0, 0.05) is 28.9 Å². The summed E-state index contributed by atoms with van der Waals surface area (Å²) in [6.07, 6.45) is 1.19. The topological polar surface area (TPSA) is 25.8 Å². The van der Waals surface area contributed by atoms with Gasteiger partial charge in [0.05, 0.1) is 11.3 Å². The lowest BCUT2D eigenvalue weighted by atomic mass is 10.1. The molecular weight excluding hydrogens is 333 g/mol. The van der Waals surface area contributed by atoms with Gasteiger partial charge >= 0.3 is 6.18 Å². The molecule has 0 unspecified atom stereocenters. The maximum Gasteiger partial charge on any atom is 0.416 e. The van der Waals surface area contributed by atoms with Crippen LogP contribution in [0.1, 0.15) is 24.5 Å². The molecule has 0 saturated carbocycles. The van der Waals surface area contributed by atoms with Gasteiger partial charge in [0.2, 0.25) is 0 Å². The van der Waals surface area contributed by atoms with Gasteiger partial charge in [-0.05, 0) is 30.2 Å². The Labute approximate surface area is 142 Å². The number of aryl methyl sites for hydroxylation is 1. The standard InChI is InChI=1S/C18H15F3N2S/c1-2-3-12-8-9-22-10-15(12)17-23-16(11-24-17)13-4-6-14(7-5-13)18(19,20)21/h4-11H,2-3H2,1H3. The van der Waals surface area contributed by atoms with Gasteiger partial charge in [0.15, 0.2) is 0 Å². The van der Waals surface area contributed by atoms with Gasteiger partial charge in [-0.15, -0.1) is 11.3 Å². The molecule has 0 bridgehead atoms. The number of benzene rings is 1. The van der Waals surface area contributed by atoms with Crippen molar-refractivity contribution in [1.29, 1.82) is 0 Å². The van der Waals surface area contributed by atoms with Crippen LogP contribution in [-0.2, 0) is 12.6 Å². The number of thiazole rings is 1. The predicted octanol–water partition coefficient (Wildman–Crippen LogP) is 5.84. The molecule has 0 aliphatic rings. The van der Waals surface area contributed by atoms with Crippen molar-refractivity contribution in [3.63, 3.8) is 0 Å². The Morgan fingerprint density at radius 1 is 1.08 bits per heavy atom. The van der Waals surface area contributed by atoms with E-state index in [-0.39, 0.29) is 0 Å². The molecule has 3 rings (SSSR count). The number of rotatable bonds is 4. The summed E-state index contributed by atoms with van der Waals surface area (Å²) < 4.78 is 37.9. The van der Waals surface area contributed by atoms with Crippen LogP contribution >= 0.6 is 11.3 Å². The minimum atomic E-state index is -4.32. The highest BCUT2D eigenvalue weighted by atomic mass is 32.1. The van der Waals surface area contributed by atoms with E-state index in [0.29, 0.717) is 11.3 Å². The Kier molecular flexibility index (Phi) is 4.66. The first-order valence-corrected chi connectivity index (χ1v) is 8.43. The molecule has 0 saturated heterocycles. The molecule has 0 N–H and O–H groups in total. The second kappa shape index (κ2) is 6.73. The number of pyridine rings is 1. The quantitative estimate of drug-likeness (QED) is 0.591. The highest BCUT2D eigenvalue weighted by molar-refractivity contribution is 7.13. The van der Waals surface area contributed by atoms with Gasteiger partial charge in [0.25, 0.3) is 0 Å². The van der Waals surface area contributed by atoms with Crippen molar-refractivity contribution in [2.45, 2.75) is 25.9 Å². The fourth-order valence-corrected chi connectivity index (χ4v) is 3.34. The zero-order valence-electron chi connectivity index (χ0n) is 13.0. The summed E-state index contributed by atoms with van der Waals surface area (Å²) in [6, 6.07) is 7.07. The smallest absolute Gasteiger partial charge is 0.264 e. The van der Waals surface area contributed by atoms with Crippen LogP contribution in [0.4, 0.5) is 13.2 Å². The number of alkyl halides is 3. The van der Waals surface area contributed by atoms with Gasteiger partial charge < -0.3 is 0 Å². The molecule has 2 aromatic heterocycles. The maximum absolute atomic E-state index is 12.6. The molecule has 0 radical (unpaired) electrons. The largest absolute Gasteiger partial charge is 0.416 e. The number of halogens is 3. The summed E-state index contributed by atoms with van der Waals surface area (Å²) in [5.74, 6) is 0. The summed E-state index contributed by atoms with van der Waals surface area (Å²) in [5.41, 5.74) is 2.86. The van der Waals surface area contributed by atoms with Crippen LogP contribution in [-0.4, -0.2) is 9.97 Å². The molecule has 2 heterocycles. The van der Waals surface area contributed by atoms with Crippen LogP contribution in [0.3, 0.4) is 0 Å². The zero-order valence-corrected chi connectivity index (χ0v) is 13.8. The molecule has 0 amide bonds. The Morgan fingerprint density at radius 2 is 1.83 bits per heavy atom. The first-order valence-electron chi connectivity index (χ1n) is 7.55. The fraction of sp³-hybridized carbons (Fsp3) is 0.222. The lowest BCUT2D eigenvalue weighted by Crippen LogP contribution is -2.03. The van der Waals surface area contributed by atoms with Gasteiger partial charge in [-0.2, -0.15) is 13.2 Å². The Balaban J connectivity index is 1.91. The van der Waals surface area contributed by atoms with Crippen LogP contribution in [0.25, 0.3) is 21.8 Å². The summed E-state index contributed by atoms with van der Waals surface area (Å²) >= 11 is 1.47. The van der Waals surface area contributed by atoms with Crippen molar-refractivity contribution in [2.75, 3.05) is 0 Å². The van der Waals surface area contributed by atoms with Crippen LogP contribution in [0.15, 0.2) is 48.1 Å². The third kappa shape index (κ3) is 3.48.